The van der Waals surface area contributed by atoms with E-state index >= 15 is 0 Å². The molecule has 0 radical (unpaired) electrons. The van der Waals surface area contributed by atoms with Gasteiger partial charge in [0.2, 0.25) is 5.89 Å². The fraction of sp³-hybridized carbons (Fsp3) is 0.500. The van der Waals surface area contributed by atoms with Crippen LogP contribution in [0, 0.1) is 19.8 Å². The van der Waals surface area contributed by atoms with Crippen LogP contribution in [0.5, 0.6) is 0 Å². The second-order valence-corrected chi connectivity index (χ2v) is 6.76. The number of carbonyl (C=O) groups is 1. The molecule has 0 amide bonds. The molecule has 2 atom stereocenters. The Labute approximate surface area is 143 Å². The van der Waals surface area contributed by atoms with Crippen LogP contribution < -0.4 is 0 Å². The average Bonchev–Trinajstić information content (AvgIpc) is 2.95. The molecule has 1 heterocycles. The summed E-state index contributed by atoms with van der Waals surface area (Å²) in [4.78, 5) is 15.3. The van der Waals surface area contributed by atoms with Crippen LogP contribution in [0.3, 0.4) is 0 Å². The molecule has 4 nitrogen and oxygen atoms in total. The number of aromatic nitrogens is 1. The maximum Gasteiger partial charge on any atom is 0.226 e. The Morgan fingerprint density at radius 3 is 2.79 bits per heavy atom. The zero-order valence-corrected chi connectivity index (χ0v) is 14.5. The fourth-order valence-corrected chi connectivity index (χ4v) is 3.32. The zero-order chi connectivity index (χ0) is 16.9. The Kier molecular flexibility index (Phi) is 5.46. The van der Waals surface area contributed by atoms with Gasteiger partial charge in [-0.1, -0.05) is 24.1 Å². The molecule has 0 saturated heterocycles. The van der Waals surface area contributed by atoms with Crippen LogP contribution in [0.4, 0.5) is 0 Å². The van der Waals surface area contributed by atoms with Gasteiger partial charge in [0.25, 0.3) is 0 Å². The fourth-order valence-electron chi connectivity index (χ4n) is 3.32. The SMILES string of the molecule is Cc1ccc(-c2nc(CO[C@@H]3CCC[C@H](CC=O)C3)c(C)o2)cc1. The maximum atomic E-state index is 10.7. The second-order valence-electron chi connectivity index (χ2n) is 6.76. The van der Waals surface area contributed by atoms with Gasteiger partial charge in [0, 0.05) is 12.0 Å². The highest BCUT2D eigenvalue weighted by Gasteiger charge is 2.23. The molecule has 1 aliphatic rings. The van der Waals surface area contributed by atoms with Crippen molar-refractivity contribution in [2.24, 2.45) is 5.92 Å². The molecular formula is C20H25NO3. The normalized spacial score (nSPS) is 20.9. The molecule has 0 N–H and O–H groups in total. The van der Waals surface area contributed by atoms with Gasteiger partial charge in [-0.15, -0.1) is 0 Å². The molecule has 0 unspecified atom stereocenters. The average molecular weight is 327 g/mol. The number of hydrogen-bond donors (Lipinski definition) is 0. The van der Waals surface area contributed by atoms with Crippen LogP contribution >= 0.6 is 0 Å². The molecule has 0 aliphatic heterocycles. The van der Waals surface area contributed by atoms with Crippen LogP contribution in [0.1, 0.15) is 49.1 Å². The van der Waals surface area contributed by atoms with E-state index in [0.29, 0.717) is 24.8 Å². The van der Waals surface area contributed by atoms with Crippen molar-refractivity contribution in [1.29, 1.82) is 0 Å². The number of hydrogen-bond acceptors (Lipinski definition) is 4. The molecule has 4 heteroatoms. The summed E-state index contributed by atoms with van der Waals surface area (Å²) in [6, 6.07) is 8.16. The first-order valence-electron chi connectivity index (χ1n) is 8.74. The van der Waals surface area contributed by atoms with Crippen LogP contribution in [0.25, 0.3) is 11.5 Å². The lowest BCUT2D eigenvalue weighted by atomic mass is 9.85. The third-order valence-electron chi connectivity index (χ3n) is 4.81. The number of aryl methyl sites for hydroxylation is 2. The summed E-state index contributed by atoms with van der Waals surface area (Å²) < 4.78 is 11.9. The first-order chi connectivity index (χ1) is 11.7. The van der Waals surface area contributed by atoms with Gasteiger partial charge < -0.3 is 13.9 Å². The van der Waals surface area contributed by atoms with Crippen molar-refractivity contribution in [3.05, 3.63) is 41.3 Å². The van der Waals surface area contributed by atoms with Gasteiger partial charge in [0.05, 0.1) is 12.7 Å². The van der Waals surface area contributed by atoms with Crippen molar-refractivity contribution in [1.82, 2.24) is 4.98 Å². The highest BCUT2D eigenvalue weighted by atomic mass is 16.5. The third kappa shape index (κ3) is 4.12. The van der Waals surface area contributed by atoms with Gasteiger partial charge in [-0.3, -0.25) is 0 Å². The molecule has 0 bridgehead atoms. The molecule has 128 valence electrons. The highest BCUT2D eigenvalue weighted by molar-refractivity contribution is 5.54. The van der Waals surface area contributed by atoms with E-state index in [4.69, 9.17) is 9.15 Å². The highest BCUT2D eigenvalue weighted by Crippen LogP contribution is 2.29. The van der Waals surface area contributed by atoms with Gasteiger partial charge in [-0.2, -0.15) is 0 Å². The minimum absolute atomic E-state index is 0.225. The Bertz CT molecular complexity index is 675. The summed E-state index contributed by atoms with van der Waals surface area (Å²) in [7, 11) is 0. The first-order valence-corrected chi connectivity index (χ1v) is 8.74. The Hall–Kier alpha value is -1.94. The summed E-state index contributed by atoms with van der Waals surface area (Å²) in [5.41, 5.74) is 3.06. The summed E-state index contributed by atoms with van der Waals surface area (Å²) in [6.45, 7) is 4.46. The van der Waals surface area contributed by atoms with E-state index in [9.17, 15) is 4.79 Å². The summed E-state index contributed by atoms with van der Waals surface area (Å²) in [5.74, 6) is 1.93. The van der Waals surface area contributed by atoms with E-state index in [0.717, 1.165) is 49.0 Å². The zero-order valence-electron chi connectivity index (χ0n) is 14.5. The van der Waals surface area contributed by atoms with Crippen LogP contribution in [-0.4, -0.2) is 17.4 Å². The molecule has 1 aliphatic carbocycles. The predicted molar refractivity (Wildman–Crippen MR) is 92.6 cm³/mol. The summed E-state index contributed by atoms with van der Waals surface area (Å²) >= 11 is 0. The second kappa shape index (κ2) is 7.75. The van der Waals surface area contributed by atoms with Crippen molar-refractivity contribution >= 4 is 6.29 Å². The Morgan fingerprint density at radius 1 is 1.25 bits per heavy atom. The predicted octanol–water partition coefficient (Wildman–Crippen LogP) is 4.62. The van der Waals surface area contributed by atoms with Crippen LogP contribution in [0.2, 0.25) is 0 Å². The molecule has 1 aromatic carbocycles. The number of carbonyl (C=O) groups excluding carboxylic acids is 1. The number of benzene rings is 1. The van der Waals surface area contributed by atoms with Gasteiger partial charge in [-0.05, 0) is 51.2 Å². The van der Waals surface area contributed by atoms with Gasteiger partial charge >= 0.3 is 0 Å². The monoisotopic (exact) mass is 327 g/mol. The minimum atomic E-state index is 0.225. The Morgan fingerprint density at radius 2 is 2.04 bits per heavy atom. The number of oxazole rings is 1. The summed E-state index contributed by atoms with van der Waals surface area (Å²) in [5, 5.41) is 0. The molecule has 1 saturated carbocycles. The lowest BCUT2D eigenvalue weighted by molar-refractivity contribution is -0.109. The maximum absolute atomic E-state index is 10.7. The number of ether oxygens (including phenoxy) is 1. The largest absolute Gasteiger partial charge is 0.441 e. The molecule has 3 rings (SSSR count). The summed E-state index contributed by atoms with van der Waals surface area (Å²) in [6.07, 6.45) is 6.22. The Balaban J connectivity index is 1.61. The quantitative estimate of drug-likeness (QED) is 0.726. The molecule has 1 fully saturated rings. The van der Waals surface area contributed by atoms with E-state index in [1.807, 2.05) is 19.1 Å². The minimum Gasteiger partial charge on any atom is -0.441 e. The van der Waals surface area contributed by atoms with Crippen molar-refractivity contribution in [3.8, 4) is 11.5 Å². The van der Waals surface area contributed by atoms with E-state index < -0.39 is 0 Å². The lowest BCUT2D eigenvalue weighted by Crippen LogP contribution is -2.23. The van der Waals surface area contributed by atoms with Gasteiger partial charge in [0.1, 0.15) is 17.7 Å². The standard InChI is InChI=1S/C20H25NO3/c1-14-6-8-17(9-7-14)20-21-19(15(2)24-20)13-23-18-5-3-4-16(12-18)10-11-22/h6-9,11,16,18H,3-5,10,12-13H2,1-2H3/t16-,18-/m1/s1. The van der Waals surface area contributed by atoms with E-state index in [1.165, 1.54) is 5.56 Å². The smallest absolute Gasteiger partial charge is 0.226 e. The lowest BCUT2D eigenvalue weighted by Gasteiger charge is -2.27. The van der Waals surface area contributed by atoms with Crippen molar-refractivity contribution in [3.63, 3.8) is 0 Å². The number of aldehydes is 1. The van der Waals surface area contributed by atoms with Crippen LogP contribution in [0.15, 0.2) is 28.7 Å². The van der Waals surface area contributed by atoms with E-state index in [1.54, 1.807) is 0 Å². The van der Waals surface area contributed by atoms with E-state index in [-0.39, 0.29) is 6.10 Å². The van der Waals surface area contributed by atoms with E-state index in [2.05, 4.69) is 24.0 Å². The molecule has 2 aromatic rings. The molecule has 0 spiro atoms. The van der Waals surface area contributed by atoms with Crippen molar-refractivity contribution in [2.75, 3.05) is 0 Å². The van der Waals surface area contributed by atoms with Crippen LogP contribution in [-0.2, 0) is 16.1 Å². The van der Waals surface area contributed by atoms with Gasteiger partial charge in [0.15, 0.2) is 0 Å². The third-order valence-corrected chi connectivity index (χ3v) is 4.81. The van der Waals surface area contributed by atoms with Crippen molar-refractivity contribution in [2.45, 2.75) is 58.7 Å². The molecule has 1 aromatic heterocycles. The number of nitrogens with zero attached hydrogens (tertiary/aromatic N) is 1. The first kappa shape index (κ1) is 16.9. The molecule has 24 heavy (non-hydrogen) atoms. The topological polar surface area (TPSA) is 52.3 Å². The van der Waals surface area contributed by atoms with Gasteiger partial charge in [-0.25, -0.2) is 4.98 Å². The van der Waals surface area contributed by atoms with Crippen molar-refractivity contribution < 1.29 is 13.9 Å². The molecular weight excluding hydrogens is 302 g/mol. The number of rotatable bonds is 6.